The third kappa shape index (κ3) is 4.62. The summed E-state index contributed by atoms with van der Waals surface area (Å²) in [6.45, 7) is 5.62. The largest absolute Gasteiger partial charge is 0.507 e. The number of carbonyl (C=O) groups is 4. The van der Waals surface area contributed by atoms with Crippen molar-refractivity contribution in [1.82, 2.24) is 5.01 Å². The van der Waals surface area contributed by atoms with Gasteiger partial charge in [-0.15, -0.1) is 0 Å². The molecule has 3 fully saturated rings. The fourth-order valence-electron chi connectivity index (χ4n) is 9.12. The number of carbonyl (C=O) groups excluding carboxylic acids is 4. The van der Waals surface area contributed by atoms with Crippen LogP contribution in [0, 0.1) is 44.4 Å². The van der Waals surface area contributed by atoms with Crippen molar-refractivity contribution in [1.29, 1.82) is 0 Å². The lowest BCUT2D eigenvalue weighted by Crippen LogP contribution is -2.53. The molecule has 1 saturated carbocycles. The van der Waals surface area contributed by atoms with Gasteiger partial charge in [0.1, 0.15) is 5.75 Å². The van der Waals surface area contributed by atoms with Gasteiger partial charge in [0.15, 0.2) is 0 Å². The lowest BCUT2D eigenvalue weighted by atomic mass is 9.49. The molecule has 252 valence electrons. The van der Waals surface area contributed by atoms with Gasteiger partial charge in [-0.1, -0.05) is 87.7 Å². The summed E-state index contributed by atoms with van der Waals surface area (Å²) < 4.78 is 0.835. The second kappa shape index (κ2) is 11.8. The van der Waals surface area contributed by atoms with E-state index in [-0.39, 0.29) is 35.8 Å². The van der Waals surface area contributed by atoms with Gasteiger partial charge in [0.25, 0.3) is 11.8 Å². The first kappa shape index (κ1) is 32.2. The van der Waals surface area contributed by atoms with Crippen molar-refractivity contribution < 1.29 is 24.3 Å². The number of halogens is 1. The molecular formula is C41H36BrN3O5. The molecule has 2 N–H and O–H groups in total. The van der Waals surface area contributed by atoms with Crippen LogP contribution in [0.25, 0.3) is 0 Å². The van der Waals surface area contributed by atoms with Crippen molar-refractivity contribution >= 4 is 50.9 Å². The van der Waals surface area contributed by atoms with Gasteiger partial charge in [0, 0.05) is 10.4 Å². The van der Waals surface area contributed by atoms with Gasteiger partial charge >= 0.3 is 0 Å². The number of phenols is 1. The van der Waals surface area contributed by atoms with E-state index in [1.165, 1.54) is 9.91 Å². The number of nitrogens with zero attached hydrogens (tertiary/aromatic N) is 2. The number of fused-ring (bicyclic) bond motifs is 4. The van der Waals surface area contributed by atoms with Crippen molar-refractivity contribution in [3.8, 4) is 5.75 Å². The molecule has 0 unspecified atom stereocenters. The van der Waals surface area contributed by atoms with Crippen LogP contribution in [0.3, 0.4) is 0 Å². The number of benzene rings is 4. The molecule has 8 nitrogen and oxygen atoms in total. The summed E-state index contributed by atoms with van der Waals surface area (Å²) in [5, 5.41) is 12.0. The molecule has 0 radical (unpaired) electrons. The average molecular weight is 731 g/mol. The van der Waals surface area contributed by atoms with E-state index in [1.54, 1.807) is 24.3 Å². The Morgan fingerprint density at radius 3 is 2.12 bits per heavy atom. The molecule has 0 aromatic heterocycles. The summed E-state index contributed by atoms with van der Waals surface area (Å²) in [5.41, 5.74) is 7.60. The predicted molar refractivity (Wildman–Crippen MR) is 193 cm³/mol. The van der Waals surface area contributed by atoms with Crippen LogP contribution in [-0.4, -0.2) is 33.7 Å². The number of imide groups is 2. The van der Waals surface area contributed by atoms with Gasteiger partial charge in [-0.3, -0.25) is 29.5 Å². The minimum absolute atomic E-state index is 0.169. The minimum Gasteiger partial charge on any atom is -0.507 e. The van der Waals surface area contributed by atoms with E-state index in [0.29, 0.717) is 34.5 Å². The highest BCUT2D eigenvalue weighted by molar-refractivity contribution is 9.10. The molecule has 4 aromatic rings. The highest BCUT2D eigenvalue weighted by Crippen LogP contribution is 2.64. The second-order valence-electron chi connectivity index (χ2n) is 14.1. The number of allylic oxidation sites excluding steroid dienone is 2. The Morgan fingerprint density at radius 2 is 1.46 bits per heavy atom. The molecule has 2 aliphatic carbocycles. The van der Waals surface area contributed by atoms with Crippen molar-refractivity contribution in [2.45, 2.75) is 44.9 Å². The van der Waals surface area contributed by atoms with Crippen molar-refractivity contribution in [2.24, 2.45) is 23.7 Å². The van der Waals surface area contributed by atoms with Gasteiger partial charge in [-0.25, -0.2) is 0 Å². The number of hydrogen-bond acceptors (Lipinski definition) is 6. The monoisotopic (exact) mass is 729 g/mol. The molecule has 4 aliphatic rings. The highest BCUT2D eigenvalue weighted by atomic mass is 79.9. The molecule has 4 amide bonds. The van der Waals surface area contributed by atoms with E-state index in [4.69, 9.17) is 0 Å². The Morgan fingerprint density at radius 1 is 0.800 bits per heavy atom. The van der Waals surface area contributed by atoms with Crippen molar-refractivity contribution in [3.05, 3.63) is 135 Å². The molecular weight excluding hydrogens is 694 g/mol. The zero-order valence-corrected chi connectivity index (χ0v) is 29.5. The zero-order chi connectivity index (χ0) is 35.1. The SMILES string of the molecule is Cc1ccc(NN2C(=O)[C@@H]3C[C@@H]4C(=CC[C@@H]5C(=O)N(c6ccc(Br)cc6)C(=O)[C@@H]54)[C@H](c4cc(C)c(O)c(C)c4)[C@]3(c3ccccc3)C2=O)cc1. The fraction of sp³-hybridized carbons (Fsp3) is 0.268. The summed E-state index contributed by atoms with van der Waals surface area (Å²) in [4.78, 5) is 59.9. The maximum atomic E-state index is 15.3. The third-order valence-corrected chi connectivity index (χ3v) is 11.9. The predicted octanol–water partition coefficient (Wildman–Crippen LogP) is 7.27. The van der Waals surface area contributed by atoms with Crippen LogP contribution in [0.15, 0.2) is 107 Å². The number of hydrazine groups is 1. The second-order valence-corrected chi connectivity index (χ2v) is 15.0. The lowest BCUT2D eigenvalue weighted by molar-refractivity contribution is -0.138. The number of anilines is 2. The average Bonchev–Trinajstić information content (AvgIpc) is 3.49. The number of aryl methyl sites for hydroxylation is 3. The number of nitrogens with one attached hydrogen (secondary N) is 1. The van der Waals surface area contributed by atoms with E-state index >= 15 is 4.79 Å². The van der Waals surface area contributed by atoms with Crippen LogP contribution in [0.1, 0.15) is 46.6 Å². The first-order valence-corrected chi connectivity index (χ1v) is 17.7. The molecule has 6 atom stereocenters. The molecule has 0 bridgehead atoms. The molecule has 9 heteroatoms. The molecule has 0 spiro atoms. The van der Waals surface area contributed by atoms with E-state index in [9.17, 15) is 19.5 Å². The van der Waals surface area contributed by atoms with Gasteiger partial charge < -0.3 is 5.11 Å². The molecule has 8 rings (SSSR count). The van der Waals surface area contributed by atoms with Crippen LogP contribution < -0.4 is 10.3 Å². The minimum atomic E-state index is -1.36. The van der Waals surface area contributed by atoms with Gasteiger partial charge in [-0.2, -0.15) is 5.01 Å². The molecule has 50 heavy (non-hydrogen) atoms. The van der Waals surface area contributed by atoms with Gasteiger partial charge in [0.05, 0.1) is 34.5 Å². The summed E-state index contributed by atoms with van der Waals surface area (Å²) in [7, 11) is 0. The highest BCUT2D eigenvalue weighted by Gasteiger charge is 2.70. The Kier molecular flexibility index (Phi) is 7.60. The standard InChI is InChI=1S/C41H36BrN3O5/c1-22-9-13-28(14-10-22)43-45-38(48)33-21-32-30(17-18-31-34(32)39(49)44(37(31)47)29-15-11-27(42)12-16-29)35(25-19-23(2)36(46)24(3)20-25)41(33,40(45)50)26-7-5-4-6-8-26/h4-17,19-20,31-35,43,46H,18,21H2,1-3H3/t31-,32+,33-,34-,35-,41+/m0/s1. The molecule has 2 aliphatic heterocycles. The number of hydrogen-bond donors (Lipinski definition) is 2. The molecule has 2 heterocycles. The fourth-order valence-corrected chi connectivity index (χ4v) is 9.39. The van der Waals surface area contributed by atoms with Crippen molar-refractivity contribution in [3.63, 3.8) is 0 Å². The summed E-state index contributed by atoms with van der Waals surface area (Å²) >= 11 is 3.44. The van der Waals surface area contributed by atoms with Gasteiger partial charge in [0.2, 0.25) is 11.8 Å². The van der Waals surface area contributed by atoms with E-state index in [2.05, 4.69) is 27.4 Å². The number of amides is 4. The summed E-state index contributed by atoms with van der Waals surface area (Å²) in [6.07, 6.45) is 2.61. The van der Waals surface area contributed by atoms with E-state index in [0.717, 1.165) is 21.2 Å². The summed E-state index contributed by atoms with van der Waals surface area (Å²) in [6, 6.07) is 27.9. The topological polar surface area (TPSA) is 107 Å². The van der Waals surface area contributed by atoms with Crippen LogP contribution in [0.4, 0.5) is 11.4 Å². The quantitative estimate of drug-likeness (QED) is 0.165. The number of phenolic OH excluding ortho intramolecular Hbond substituents is 1. The van der Waals surface area contributed by atoms with Crippen LogP contribution in [-0.2, 0) is 24.6 Å². The lowest BCUT2D eigenvalue weighted by Gasteiger charge is -2.50. The number of aromatic hydroxyl groups is 1. The van der Waals surface area contributed by atoms with Crippen LogP contribution >= 0.6 is 15.9 Å². The normalized spacial score (nSPS) is 27.2. The number of rotatable bonds is 5. The zero-order valence-electron chi connectivity index (χ0n) is 27.9. The van der Waals surface area contributed by atoms with Crippen molar-refractivity contribution in [2.75, 3.05) is 10.3 Å². The van der Waals surface area contributed by atoms with Crippen LogP contribution in [0.5, 0.6) is 5.75 Å². The van der Waals surface area contributed by atoms with E-state index in [1.807, 2.05) is 87.5 Å². The molecule has 4 aromatic carbocycles. The first-order valence-electron chi connectivity index (χ1n) is 16.9. The Labute approximate surface area is 298 Å². The Balaban J connectivity index is 1.33. The maximum absolute atomic E-state index is 15.3. The van der Waals surface area contributed by atoms with Crippen LogP contribution in [0.2, 0.25) is 0 Å². The van der Waals surface area contributed by atoms with E-state index < -0.39 is 35.0 Å². The molecule has 2 saturated heterocycles. The Bertz CT molecular complexity index is 2090. The third-order valence-electron chi connectivity index (χ3n) is 11.3. The van der Waals surface area contributed by atoms with Gasteiger partial charge in [-0.05, 0) is 98.2 Å². The maximum Gasteiger partial charge on any atom is 0.260 e. The summed E-state index contributed by atoms with van der Waals surface area (Å²) in [5.74, 6) is -4.36. The first-order chi connectivity index (χ1) is 24.0. The Hall–Kier alpha value is -5.02. The smallest absolute Gasteiger partial charge is 0.260 e.